The van der Waals surface area contributed by atoms with Crippen LogP contribution in [0, 0.1) is 6.92 Å². The molecule has 0 radical (unpaired) electrons. The van der Waals surface area contributed by atoms with Crippen molar-refractivity contribution in [1.82, 2.24) is 4.98 Å². The van der Waals surface area contributed by atoms with Crippen LogP contribution < -0.4 is 5.73 Å². The number of benzene rings is 1. The quantitative estimate of drug-likeness (QED) is 0.856. The number of aromatic nitrogens is 1. The van der Waals surface area contributed by atoms with Crippen molar-refractivity contribution in [2.45, 2.75) is 6.92 Å². The maximum Gasteiger partial charge on any atom is 0.343 e. The minimum absolute atomic E-state index is 0.0656. The van der Waals surface area contributed by atoms with Crippen molar-refractivity contribution in [2.24, 2.45) is 0 Å². The van der Waals surface area contributed by atoms with E-state index in [1.54, 1.807) is 6.07 Å². The van der Waals surface area contributed by atoms with E-state index in [0.29, 0.717) is 5.69 Å². The van der Waals surface area contributed by atoms with Gasteiger partial charge in [0.15, 0.2) is 0 Å². The molecule has 4 nitrogen and oxygen atoms in total. The fourth-order valence-corrected chi connectivity index (χ4v) is 2.07. The van der Waals surface area contributed by atoms with Gasteiger partial charge >= 0.3 is 5.97 Å². The van der Waals surface area contributed by atoms with E-state index in [1.165, 1.54) is 7.11 Å². The number of aryl methyl sites for hydroxylation is 1. The number of hydrogen-bond acceptors (Lipinski definition) is 4. The first kappa shape index (κ1) is 13.4. The van der Waals surface area contributed by atoms with Crippen molar-refractivity contribution in [2.75, 3.05) is 12.8 Å². The van der Waals surface area contributed by atoms with E-state index in [2.05, 4.69) is 9.72 Å². The maximum atomic E-state index is 11.5. The number of nitrogens with zero attached hydrogens (tertiary/aromatic N) is 1. The zero-order valence-corrected chi connectivity index (χ0v) is 11.4. The Kier molecular flexibility index (Phi) is 3.71. The minimum atomic E-state index is -0.592. The normalized spacial score (nSPS) is 10.3. The van der Waals surface area contributed by atoms with E-state index in [9.17, 15) is 4.79 Å². The minimum Gasteiger partial charge on any atom is -0.465 e. The van der Waals surface area contributed by atoms with Crippen LogP contribution in [0.15, 0.2) is 30.3 Å². The van der Waals surface area contributed by atoms with Gasteiger partial charge in [-0.1, -0.05) is 35.4 Å². The van der Waals surface area contributed by atoms with E-state index in [4.69, 9.17) is 17.3 Å². The summed E-state index contributed by atoms with van der Waals surface area (Å²) < 4.78 is 4.62. The smallest absolute Gasteiger partial charge is 0.343 e. The average molecular weight is 277 g/mol. The first-order valence-electron chi connectivity index (χ1n) is 5.64. The molecular weight excluding hydrogens is 264 g/mol. The van der Waals surface area contributed by atoms with Crippen LogP contribution >= 0.6 is 11.6 Å². The van der Waals surface area contributed by atoms with Crippen molar-refractivity contribution in [3.05, 3.63) is 46.5 Å². The van der Waals surface area contributed by atoms with Gasteiger partial charge in [-0.2, -0.15) is 0 Å². The van der Waals surface area contributed by atoms with Gasteiger partial charge in [0.05, 0.1) is 17.8 Å². The van der Waals surface area contributed by atoms with Gasteiger partial charge in [-0.3, -0.25) is 0 Å². The lowest BCUT2D eigenvalue weighted by molar-refractivity contribution is 0.0602. The molecule has 2 N–H and O–H groups in total. The standard InChI is InChI=1S/C14H13ClN2O2/c1-8-4-3-5-9(6-8)11-7-10(15)12(13(16)17-11)14(18)19-2/h3-7H,1-2H3,(H2,16,17). The Morgan fingerprint density at radius 2 is 2.11 bits per heavy atom. The third-order valence-electron chi connectivity index (χ3n) is 2.70. The molecule has 1 aromatic heterocycles. The van der Waals surface area contributed by atoms with Gasteiger partial charge in [0, 0.05) is 5.56 Å². The highest BCUT2D eigenvalue weighted by Gasteiger charge is 2.17. The number of esters is 1. The number of nitrogens with two attached hydrogens (primary N) is 1. The molecule has 0 saturated carbocycles. The number of methoxy groups -OCH3 is 1. The summed E-state index contributed by atoms with van der Waals surface area (Å²) in [5.74, 6) is -0.526. The van der Waals surface area contributed by atoms with Gasteiger partial charge in [0.1, 0.15) is 11.4 Å². The highest BCUT2D eigenvalue weighted by Crippen LogP contribution is 2.28. The number of nitrogen functional groups attached to an aromatic ring is 1. The van der Waals surface area contributed by atoms with Crippen LogP contribution in [0.4, 0.5) is 5.82 Å². The van der Waals surface area contributed by atoms with E-state index < -0.39 is 5.97 Å². The second-order valence-electron chi connectivity index (χ2n) is 4.11. The van der Waals surface area contributed by atoms with E-state index in [-0.39, 0.29) is 16.4 Å². The van der Waals surface area contributed by atoms with Crippen LogP contribution in [0.1, 0.15) is 15.9 Å². The van der Waals surface area contributed by atoms with E-state index >= 15 is 0 Å². The molecule has 0 unspecified atom stereocenters. The lowest BCUT2D eigenvalue weighted by Crippen LogP contribution is -2.08. The molecule has 0 aliphatic carbocycles. The molecule has 0 aliphatic rings. The first-order chi connectivity index (χ1) is 9.02. The summed E-state index contributed by atoms with van der Waals surface area (Å²) in [6.07, 6.45) is 0. The molecule has 5 heteroatoms. The van der Waals surface area contributed by atoms with Gasteiger partial charge in [-0.15, -0.1) is 0 Å². The molecule has 0 saturated heterocycles. The Bertz CT molecular complexity index is 618. The van der Waals surface area contributed by atoms with Crippen LogP contribution in [0.5, 0.6) is 0 Å². The fourth-order valence-electron chi connectivity index (χ4n) is 1.79. The number of rotatable bonds is 2. The van der Waals surface area contributed by atoms with Crippen molar-refractivity contribution in [3.8, 4) is 11.3 Å². The second-order valence-corrected chi connectivity index (χ2v) is 4.52. The number of hydrogen-bond donors (Lipinski definition) is 1. The third kappa shape index (κ3) is 2.69. The van der Waals surface area contributed by atoms with Gasteiger partial charge in [-0.05, 0) is 19.1 Å². The second kappa shape index (κ2) is 5.28. The van der Waals surface area contributed by atoms with Crippen LogP contribution in [-0.2, 0) is 4.74 Å². The number of carbonyl (C=O) groups excluding carboxylic acids is 1. The summed E-state index contributed by atoms with van der Waals surface area (Å²) in [7, 11) is 1.27. The van der Waals surface area contributed by atoms with Gasteiger partial charge < -0.3 is 10.5 Å². The van der Waals surface area contributed by atoms with Crippen molar-refractivity contribution in [1.29, 1.82) is 0 Å². The molecule has 0 fully saturated rings. The Balaban J connectivity index is 2.54. The summed E-state index contributed by atoms with van der Waals surface area (Å²) in [6, 6.07) is 9.39. The Hall–Kier alpha value is -2.07. The first-order valence-corrected chi connectivity index (χ1v) is 6.02. The highest BCUT2D eigenvalue weighted by atomic mass is 35.5. The molecule has 2 aromatic rings. The molecule has 0 aliphatic heterocycles. The number of halogens is 1. The molecule has 0 amide bonds. The predicted molar refractivity (Wildman–Crippen MR) is 75.2 cm³/mol. The number of carbonyl (C=O) groups is 1. The monoisotopic (exact) mass is 276 g/mol. The third-order valence-corrected chi connectivity index (χ3v) is 3.00. The average Bonchev–Trinajstić information content (AvgIpc) is 2.37. The van der Waals surface area contributed by atoms with Crippen molar-refractivity contribution in [3.63, 3.8) is 0 Å². The zero-order valence-electron chi connectivity index (χ0n) is 10.6. The largest absolute Gasteiger partial charge is 0.465 e. The lowest BCUT2D eigenvalue weighted by atomic mass is 10.1. The Morgan fingerprint density at radius 3 is 2.68 bits per heavy atom. The summed E-state index contributed by atoms with van der Waals surface area (Å²) in [4.78, 5) is 15.7. The van der Waals surface area contributed by atoms with Crippen molar-refractivity contribution < 1.29 is 9.53 Å². The Morgan fingerprint density at radius 1 is 1.37 bits per heavy atom. The zero-order chi connectivity index (χ0) is 14.0. The van der Waals surface area contributed by atoms with E-state index in [0.717, 1.165) is 11.1 Å². The molecular formula is C14H13ClN2O2. The van der Waals surface area contributed by atoms with Gasteiger partial charge in [0.2, 0.25) is 0 Å². The molecule has 2 rings (SSSR count). The van der Waals surface area contributed by atoms with Crippen LogP contribution in [0.25, 0.3) is 11.3 Å². The number of anilines is 1. The molecule has 1 heterocycles. The molecule has 0 atom stereocenters. The van der Waals surface area contributed by atoms with Gasteiger partial charge in [0.25, 0.3) is 0 Å². The molecule has 1 aromatic carbocycles. The molecule has 19 heavy (non-hydrogen) atoms. The summed E-state index contributed by atoms with van der Waals surface area (Å²) in [5.41, 5.74) is 8.50. The lowest BCUT2D eigenvalue weighted by Gasteiger charge is -2.09. The summed E-state index contributed by atoms with van der Waals surface area (Å²) in [5, 5.41) is 0.232. The maximum absolute atomic E-state index is 11.5. The molecule has 0 spiro atoms. The van der Waals surface area contributed by atoms with Gasteiger partial charge in [-0.25, -0.2) is 9.78 Å². The van der Waals surface area contributed by atoms with E-state index in [1.807, 2.05) is 31.2 Å². The number of pyridine rings is 1. The predicted octanol–water partition coefficient (Wildman–Crippen LogP) is 3.08. The summed E-state index contributed by atoms with van der Waals surface area (Å²) >= 11 is 6.08. The van der Waals surface area contributed by atoms with Crippen LogP contribution in [-0.4, -0.2) is 18.1 Å². The Labute approximate surface area is 116 Å². The number of ether oxygens (including phenoxy) is 1. The molecule has 0 bridgehead atoms. The van der Waals surface area contributed by atoms with Crippen molar-refractivity contribution >= 4 is 23.4 Å². The highest BCUT2D eigenvalue weighted by molar-refractivity contribution is 6.34. The SMILES string of the molecule is COC(=O)c1c(Cl)cc(-c2cccc(C)c2)nc1N. The topological polar surface area (TPSA) is 65.2 Å². The summed E-state index contributed by atoms with van der Waals surface area (Å²) in [6.45, 7) is 1.98. The van der Waals surface area contributed by atoms with Crippen LogP contribution in [0.3, 0.4) is 0 Å². The fraction of sp³-hybridized carbons (Fsp3) is 0.143. The molecule has 98 valence electrons. The van der Waals surface area contributed by atoms with Crippen LogP contribution in [0.2, 0.25) is 5.02 Å².